The van der Waals surface area contributed by atoms with Crippen LogP contribution in [0.2, 0.25) is 0 Å². The molecule has 2 aliphatic carbocycles. The zero-order valence-electron chi connectivity index (χ0n) is 12.7. The summed E-state index contributed by atoms with van der Waals surface area (Å²) in [7, 11) is 2.02. The van der Waals surface area contributed by atoms with Crippen molar-refractivity contribution in [2.24, 2.45) is 16.6 Å². The molecule has 2 saturated carbocycles. The van der Waals surface area contributed by atoms with Gasteiger partial charge in [0.05, 0.1) is 13.2 Å². The van der Waals surface area contributed by atoms with Crippen molar-refractivity contribution in [3.05, 3.63) is 0 Å². The summed E-state index contributed by atoms with van der Waals surface area (Å²) in [5.41, 5.74) is 6.00. The fraction of sp³-hybridized carbons (Fsp3) is 0.933. The average Bonchev–Trinajstić information content (AvgIpc) is 3.22. The Balaban J connectivity index is 1.49. The van der Waals surface area contributed by atoms with Crippen LogP contribution in [0.4, 0.5) is 0 Å². The second-order valence-corrected chi connectivity index (χ2v) is 6.69. The van der Waals surface area contributed by atoms with Crippen LogP contribution in [-0.2, 0) is 9.47 Å². The second-order valence-electron chi connectivity index (χ2n) is 6.69. The monoisotopic (exact) mass is 281 g/mol. The lowest BCUT2D eigenvalue weighted by atomic mass is 9.86. The Morgan fingerprint density at radius 1 is 1.30 bits per heavy atom. The number of rotatable bonds is 3. The van der Waals surface area contributed by atoms with Gasteiger partial charge in [-0.05, 0) is 31.6 Å². The van der Waals surface area contributed by atoms with Crippen LogP contribution in [0.5, 0.6) is 0 Å². The number of ether oxygens (including phenoxy) is 2. The van der Waals surface area contributed by atoms with Crippen molar-refractivity contribution in [3.8, 4) is 0 Å². The Labute approximate surface area is 121 Å². The Hall–Kier alpha value is -0.810. The molecule has 0 bridgehead atoms. The molecule has 5 heteroatoms. The van der Waals surface area contributed by atoms with E-state index in [0.717, 1.165) is 18.8 Å². The molecule has 0 aromatic rings. The molecule has 20 heavy (non-hydrogen) atoms. The minimum Gasteiger partial charge on any atom is -0.370 e. The van der Waals surface area contributed by atoms with Crippen LogP contribution in [0.15, 0.2) is 4.99 Å². The SMILES string of the molecule is CC1CCC2(CC1)OCC(CN=C(N)N(C)C1CC1)O2. The summed E-state index contributed by atoms with van der Waals surface area (Å²) in [4.78, 5) is 6.55. The molecule has 1 unspecified atom stereocenters. The van der Waals surface area contributed by atoms with Crippen LogP contribution in [0, 0.1) is 5.92 Å². The molecule has 0 amide bonds. The third kappa shape index (κ3) is 3.09. The molecular formula is C15H27N3O2. The molecule has 1 atom stereocenters. The van der Waals surface area contributed by atoms with Crippen molar-refractivity contribution in [1.82, 2.24) is 4.90 Å². The van der Waals surface area contributed by atoms with Crippen molar-refractivity contribution < 1.29 is 9.47 Å². The van der Waals surface area contributed by atoms with Crippen LogP contribution in [0.25, 0.3) is 0 Å². The van der Waals surface area contributed by atoms with E-state index in [1.807, 2.05) is 7.05 Å². The van der Waals surface area contributed by atoms with E-state index in [4.69, 9.17) is 15.2 Å². The highest BCUT2D eigenvalue weighted by molar-refractivity contribution is 5.78. The van der Waals surface area contributed by atoms with Gasteiger partial charge in [0.2, 0.25) is 0 Å². The fourth-order valence-corrected chi connectivity index (χ4v) is 3.13. The van der Waals surface area contributed by atoms with Crippen molar-refractivity contribution in [2.45, 2.75) is 63.4 Å². The molecule has 0 radical (unpaired) electrons. The molecular weight excluding hydrogens is 254 g/mol. The zero-order valence-corrected chi connectivity index (χ0v) is 12.7. The lowest BCUT2D eigenvalue weighted by Gasteiger charge is -2.34. The molecule has 5 nitrogen and oxygen atoms in total. The Bertz CT molecular complexity index is 373. The fourth-order valence-electron chi connectivity index (χ4n) is 3.13. The van der Waals surface area contributed by atoms with Gasteiger partial charge >= 0.3 is 0 Å². The first-order valence-electron chi connectivity index (χ1n) is 7.92. The molecule has 114 valence electrons. The quantitative estimate of drug-likeness (QED) is 0.632. The van der Waals surface area contributed by atoms with E-state index in [1.54, 1.807) is 0 Å². The minimum atomic E-state index is -0.316. The molecule has 3 rings (SSSR count). The maximum Gasteiger partial charge on any atom is 0.191 e. The number of hydrogen-bond acceptors (Lipinski definition) is 3. The summed E-state index contributed by atoms with van der Waals surface area (Å²) in [5, 5.41) is 0. The standard InChI is InChI=1S/C15H27N3O2/c1-11-5-7-15(8-6-11)19-10-13(20-15)9-17-14(16)18(2)12-3-4-12/h11-13H,3-10H2,1-2H3,(H2,16,17). The first-order valence-corrected chi connectivity index (χ1v) is 7.92. The van der Waals surface area contributed by atoms with Crippen molar-refractivity contribution in [1.29, 1.82) is 0 Å². The summed E-state index contributed by atoms with van der Waals surface area (Å²) in [6.45, 7) is 3.57. The molecule has 0 aromatic carbocycles. The predicted molar refractivity (Wildman–Crippen MR) is 78.5 cm³/mol. The normalized spacial score (nSPS) is 38.4. The smallest absolute Gasteiger partial charge is 0.191 e. The van der Waals surface area contributed by atoms with Crippen molar-refractivity contribution in [3.63, 3.8) is 0 Å². The number of guanidine groups is 1. The lowest BCUT2D eigenvalue weighted by molar-refractivity contribution is -0.190. The van der Waals surface area contributed by atoms with E-state index in [0.29, 0.717) is 25.2 Å². The number of nitrogens with zero attached hydrogens (tertiary/aromatic N) is 2. The van der Waals surface area contributed by atoms with Gasteiger partial charge in [-0.25, -0.2) is 0 Å². The van der Waals surface area contributed by atoms with E-state index < -0.39 is 0 Å². The highest BCUT2D eigenvalue weighted by Gasteiger charge is 2.43. The predicted octanol–water partition coefficient (Wildman–Crippen LogP) is 1.72. The lowest BCUT2D eigenvalue weighted by Crippen LogP contribution is -2.37. The Morgan fingerprint density at radius 3 is 2.65 bits per heavy atom. The molecule has 1 spiro atoms. The largest absolute Gasteiger partial charge is 0.370 e. The van der Waals surface area contributed by atoms with E-state index in [1.165, 1.54) is 25.7 Å². The molecule has 2 N–H and O–H groups in total. The summed E-state index contributed by atoms with van der Waals surface area (Å²) in [6.07, 6.45) is 6.96. The Morgan fingerprint density at radius 2 is 2.00 bits per heavy atom. The van der Waals surface area contributed by atoms with Crippen LogP contribution in [0.3, 0.4) is 0 Å². The number of nitrogens with two attached hydrogens (primary N) is 1. The molecule has 1 aliphatic heterocycles. The van der Waals surface area contributed by atoms with E-state index >= 15 is 0 Å². The molecule has 3 aliphatic rings. The van der Waals surface area contributed by atoms with Gasteiger partial charge in [0.15, 0.2) is 11.7 Å². The Kier molecular flexibility index (Phi) is 3.91. The van der Waals surface area contributed by atoms with Crippen LogP contribution >= 0.6 is 0 Å². The highest BCUT2D eigenvalue weighted by Crippen LogP contribution is 2.39. The summed E-state index contributed by atoms with van der Waals surface area (Å²) in [5.74, 6) is 1.12. The highest BCUT2D eigenvalue weighted by atomic mass is 16.7. The van der Waals surface area contributed by atoms with Crippen LogP contribution < -0.4 is 5.73 Å². The van der Waals surface area contributed by atoms with Crippen molar-refractivity contribution >= 4 is 5.96 Å². The van der Waals surface area contributed by atoms with Gasteiger partial charge in [-0.1, -0.05) is 6.92 Å². The number of aliphatic imine (C=N–C) groups is 1. The van der Waals surface area contributed by atoms with Crippen molar-refractivity contribution in [2.75, 3.05) is 20.2 Å². The average molecular weight is 281 g/mol. The number of hydrogen-bond donors (Lipinski definition) is 1. The van der Waals surface area contributed by atoms with Gasteiger partial charge in [0.25, 0.3) is 0 Å². The molecule has 3 fully saturated rings. The van der Waals surface area contributed by atoms with Gasteiger partial charge in [0, 0.05) is 25.9 Å². The van der Waals surface area contributed by atoms with Gasteiger partial charge in [-0.15, -0.1) is 0 Å². The minimum absolute atomic E-state index is 0.0644. The third-order valence-electron chi connectivity index (χ3n) is 4.86. The molecule has 1 heterocycles. The van der Waals surface area contributed by atoms with E-state index in [9.17, 15) is 0 Å². The van der Waals surface area contributed by atoms with E-state index in [-0.39, 0.29) is 11.9 Å². The summed E-state index contributed by atoms with van der Waals surface area (Å²) in [6, 6.07) is 0.602. The topological polar surface area (TPSA) is 60.1 Å². The van der Waals surface area contributed by atoms with Gasteiger partial charge < -0.3 is 20.1 Å². The van der Waals surface area contributed by atoms with E-state index in [2.05, 4.69) is 16.8 Å². The van der Waals surface area contributed by atoms with Gasteiger partial charge in [-0.2, -0.15) is 0 Å². The molecule has 0 aromatic heterocycles. The second kappa shape index (κ2) is 5.53. The summed E-state index contributed by atoms with van der Waals surface area (Å²) >= 11 is 0. The van der Waals surface area contributed by atoms with Crippen LogP contribution in [0.1, 0.15) is 45.4 Å². The molecule has 1 saturated heterocycles. The maximum atomic E-state index is 6.14. The van der Waals surface area contributed by atoms with Gasteiger partial charge in [-0.3, -0.25) is 4.99 Å². The first kappa shape index (κ1) is 14.1. The first-order chi connectivity index (χ1) is 9.58. The third-order valence-corrected chi connectivity index (χ3v) is 4.86. The zero-order chi connectivity index (χ0) is 14.2. The van der Waals surface area contributed by atoms with Gasteiger partial charge in [0.1, 0.15) is 6.10 Å². The summed E-state index contributed by atoms with van der Waals surface area (Å²) < 4.78 is 12.1. The van der Waals surface area contributed by atoms with Crippen LogP contribution in [-0.4, -0.2) is 49.0 Å². The maximum absolute atomic E-state index is 6.14.